The molecule has 3 aromatic rings. The van der Waals surface area contributed by atoms with Crippen LogP contribution in [0, 0.1) is 0 Å². The van der Waals surface area contributed by atoms with Crippen molar-refractivity contribution in [2.75, 3.05) is 7.05 Å². The van der Waals surface area contributed by atoms with Gasteiger partial charge in [0.25, 0.3) is 5.91 Å². The van der Waals surface area contributed by atoms with E-state index < -0.39 is 5.54 Å². The van der Waals surface area contributed by atoms with Crippen LogP contribution in [0.2, 0.25) is 0 Å². The fraction of sp³-hybridized carbons (Fsp3) is 0.192. The minimum absolute atomic E-state index is 0.0633. The lowest BCUT2D eigenvalue weighted by atomic mass is 9.81. The van der Waals surface area contributed by atoms with E-state index in [0.717, 1.165) is 33.4 Å². The van der Waals surface area contributed by atoms with E-state index in [1.54, 1.807) is 14.0 Å². The second-order valence-corrected chi connectivity index (χ2v) is 8.31. The molecule has 0 aliphatic carbocycles. The quantitative estimate of drug-likeness (QED) is 0.701. The van der Waals surface area contributed by atoms with Crippen LogP contribution in [-0.4, -0.2) is 34.6 Å². The Morgan fingerprint density at radius 3 is 2.38 bits per heavy atom. The number of fused-ring (bicyclic) bond motifs is 1. The number of carbonyl (C=O) groups excluding carboxylic acids is 2. The zero-order chi connectivity index (χ0) is 22.5. The van der Waals surface area contributed by atoms with E-state index in [1.807, 2.05) is 65.6 Å². The molecule has 5 rings (SSSR count). The summed E-state index contributed by atoms with van der Waals surface area (Å²) >= 11 is 0. The Labute approximate surface area is 187 Å². The van der Waals surface area contributed by atoms with Gasteiger partial charge in [-0.1, -0.05) is 66.7 Å². The summed E-state index contributed by atoms with van der Waals surface area (Å²) in [6.07, 6.45) is 0. The predicted molar refractivity (Wildman–Crippen MR) is 123 cm³/mol. The van der Waals surface area contributed by atoms with Crippen molar-refractivity contribution in [3.05, 3.63) is 95.1 Å². The summed E-state index contributed by atoms with van der Waals surface area (Å²) in [6, 6.07) is 23.6. The van der Waals surface area contributed by atoms with Crippen molar-refractivity contribution >= 4 is 17.8 Å². The smallest absolute Gasteiger partial charge is 0.266 e. The van der Waals surface area contributed by atoms with E-state index in [0.29, 0.717) is 13.1 Å². The maximum Gasteiger partial charge on any atom is 0.266 e. The molecule has 6 nitrogen and oxygen atoms in total. The third-order valence-electron chi connectivity index (χ3n) is 6.45. The molecule has 2 heterocycles. The van der Waals surface area contributed by atoms with E-state index in [-0.39, 0.29) is 17.8 Å². The van der Waals surface area contributed by atoms with Gasteiger partial charge in [-0.2, -0.15) is 0 Å². The van der Waals surface area contributed by atoms with Gasteiger partial charge < -0.3 is 10.6 Å². The van der Waals surface area contributed by atoms with E-state index in [4.69, 9.17) is 5.73 Å². The largest absolute Gasteiger partial charge is 0.369 e. The van der Waals surface area contributed by atoms with Gasteiger partial charge in [-0.05, 0) is 39.4 Å². The van der Waals surface area contributed by atoms with Crippen LogP contribution in [0.25, 0.3) is 11.1 Å². The predicted octanol–water partition coefficient (Wildman–Crippen LogP) is 3.25. The van der Waals surface area contributed by atoms with Gasteiger partial charge in [0.05, 0.1) is 0 Å². The van der Waals surface area contributed by atoms with Crippen LogP contribution in [0.1, 0.15) is 29.2 Å². The highest BCUT2D eigenvalue weighted by Gasteiger charge is 2.49. The van der Waals surface area contributed by atoms with Gasteiger partial charge in [-0.3, -0.25) is 14.5 Å². The Balaban J connectivity index is 1.66. The summed E-state index contributed by atoms with van der Waals surface area (Å²) in [7, 11) is 1.65. The van der Waals surface area contributed by atoms with Crippen molar-refractivity contribution in [1.29, 1.82) is 0 Å². The van der Waals surface area contributed by atoms with Crippen molar-refractivity contribution < 1.29 is 9.59 Å². The molecule has 2 N–H and O–H groups in total. The van der Waals surface area contributed by atoms with Crippen LogP contribution >= 0.6 is 0 Å². The highest BCUT2D eigenvalue weighted by Crippen LogP contribution is 2.41. The molecule has 2 aliphatic rings. The Hall–Kier alpha value is -3.93. The van der Waals surface area contributed by atoms with Gasteiger partial charge in [0, 0.05) is 27.1 Å². The van der Waals surface area contributed by atoms with Crippen LogP contribution in [0.4, 0.5) is 0 Å². The number of aliphatic imine (C=N–C) groups is 1. The Morgan fingerprint density at radius 2 is 1.69 bits per heavy atom. The molecule has 3 aromatic carbocycles. The first-order chi connectivity index (χ1) is 15.4. The Morgan fingerprint density at radius 1 is 0.969 bits per heavy atom. The first-order valence-corrected chi connectivity index (χ1v) is 10.6. The highest BCUT2D eigenvalue weighted by atomic mass is 16.2. The van der Waals surface area contributed by atoms with Crippen LogP contribution < -0.4 is 5.73 Å². The van der Waals surface area contributed by atoms with E-state index in [9.17, 15) is 9.59 Å². The molecule has 1 atom stereocenters. The number of carbonyl (C=O) groups is 2. The maximum atomic E-state index is 13.5. The van der Waals surface area contributed by atoms with Crippen LogP contribution in [-0.2, 0) is 28.2 Å². The number of nitrogens with two attached hydrogens (primary N) is 1. The molecule has 0 radical (unpaired) electrons. The van der Waals surface area contributed by atoms with E-state index in [1.165, 1.54) is 4.90 Å². The van der Waals surface area contributed by atoms with Gasteiger partial charge in [0.2, 0.25) is 5.91 Å². The molecule has 0 bridgehead atoms. The van der Waals surface area contributed by atoms with Gasteiger partial charge in [0.1, 0.15) is 0 Å². The number of benzene rings is 3. The zero-order valence-corrected chi connectivity index (χ0v) is 18.1. The molecule has 2 amide bonds. The summed E-state index contributed by atoms with van der Waals surface area (Å²) in [5.74, 6) is 0.0784. The number of guanidine groups is 1. The Kier molecular flexibility index (Phi) is 4.59. The average Bonchev–Trinajstić information content (AvgIpc) is 3.35. The first kappa shape index (κ1) is 20.0. The molecule has 6 heteroatoms. The van der Waals surface area contributed by atoms with Crippen LogP contribution in [0.15, 0.2) is 77.8 Å². The third kappa shape index (κ3) is 2.91. The average molecular weight is 425 g/mol. The molecule has 0 saturated carbocycles. The molecule has 0 spiro atoms. The summed E-state index contributed by atoms with van der Waals surface area (Å²) in [6.45, 7) is 2.80. The second kappa shape index (κ2) is 7.34. The zero-order valence-electron chi connectivity index (χ0n) is 18.1. The summed E-state index contributed by atoms with van der Waals surface area (Å²) in [5, 5.41) is 0. The topological polar surface area (TPSA) is 79.0 Å². The first-order valence-electron chi connectivity index (χ1n) is 10.6. The number of hydrogen-bond donors (Lipinski definition) is 1. The van der Waals surface area contributed by atoms with Gasteiger partial charge in [-0.15, -0.1) is 0 Å². The molecular formula is C26H24N4O2. The summed E-state index contributed by atoms with van der Waals surface area (Å²) < 4.78 is 0. The third-order valence-corrected chi connectivity index (χ3v) is 6.45. The van der Waals surface area contributed by atoms with Crippen LogP contribution in [0.5, 0.6) is 0 Å². The second-order valence-electron chi connectivity index (χ2n) is 8.31. The fourth-order valence-corrected chi connectivity index (χ4v) is 4.69. The van der Waals surface area contributed by atoms with Crippen LogP contribution in [0.3, 0.4) is 0 Å². The van der Waals surface area contributed by atoms with Crippen molar-refractivity contribution in [2.24, 2.45) is 10.7 Å². The minimum atomic E-state index is -1.22. The van der Waals surface area contributed by atoms with Crippen molar-refractivity contribution in [3.63, 3.8) is 0 Å². The van der Waals surface area contributed by atoms with Gasteiger partial charge in [0.15, 0.2) is 11.5 Å². The lowest BCUT2D eigenvalue weighted by Gasteiger charge is -2.26. The SMILES string of the molecule is CC(=O)N1Cc2cccc(-c3cccc(C4(c5ccccc5)N=C(N)N(C)C4=O)c3)c2C1. The molecule has 1 unspecified atom stereocenters. The van der Waals surface area contributed by atoms with Gasteiger partial charge >= 0.3 is 0 Å². The number of amides is 2. The fourth-order valence-electron chi connectivity index (χ4n) is 4.69. The molecule has 160 valence electrons. The van der Waals surface area contributed by atoms with Crippen molar-refractivity contribution in [1.82, 2.24) is 9.80 Å². The van der Waals surface area contributed by atoms with E-state index >= 15 is 0 Å². The lowest BCUT2D eigenvalue weighted by molar-refractivity contribution is -0.130. The van der Waals surface area contributed by atoms with E-state index in [2.05, 4.69) is 17.1 Å². The molecule has 2 aliphatic heterocycles. The van der Waals surface area contributed by atoms with Crippen molar-refractivity contribution in [3.8, 4) is 11.1 Å². The standard InChI is InChI=1S/C26H24N4O2/c1-17(31)30-15-19-9-7-13-22(23(19)16-30)18-8-6-12-21(14-18)26(20-10-4-3-5-11-20)24(32)29(2)25(27)28-26/h3-14H,15-16H2,1-2H3,(H2,27,28). The molecule has 0 saturated heterocycles. The normalized spacial score (nSPS) is 19.8. The molecule has 32 heavy (non-hydrogen) atoms. The lowest BCUT2D eigenvalue weighted by Crippen LogP contribution is -2.41. The maximum absolute atomic E-state index is 13.5. The summed E-state index contributed by atoms with van der Waals surface area (Å²) in [5.41, 5.74) is 10.8. The number of nitrogens with zero attached hydrogens (tertiary/aromatic N) is 3. The van der Waals surface area contributed by atoms with Crippen molar-refractivity contribution in [2.45, 2.75) is 25.6 Å². The Bertz CT molecular complexity index is 1270. The monoisotopic (exact) mass is 424 g/mol. The van der Waals surface area contributed by atoms with Gasteiger partial charge in [-0.25, -0.2) is 4.99 Å². The molecule has 0 fully saturated rings. The number of likely N-dealkylation sites (N-methyl/N-ethyl adjacent to an activating group) is 1. The highest BCUT2D eigenvalue weighted by molar-refractivity contribution is 6.09. The molecular weight excluding hydrogens is 400 g/mol. The minimum Gasteiger partial charge on any atom is -0.369 e. The molecule has 0 aromatic heterocycles. The number of rotatable bonds is 3. The number of hydrogen-bond acceptors (Lipinski definition) is 4. The summed E-state index contributed by atoms with van der Waals surface area (Å²) in [4.78, 5) is 33.4.